The minimum Gasteiger partial charge on any atom is -0.504 e. The summed E-state index contributed by atoms with van der Waals surface area (Å²) in [6.07, 6.45) is -5.00. The van der Waals surface area contributed by atoms with Gasteiger partial charge >= 0.3 is 6.36 Å². The summed E-state index contributed by atoms with van der Waals surface area (Å²) >= 11 is 5.33. The lowest BCUT2D eigenvalue weighted by Gasteiger charge is -2.12. The average molecular weight is 269 g/mol. The number of para-hydroxylation sites is 1. The van der Waals surface area contributed by atoms with Crippen LogP contribution in [0.3, 0.4) is 0 Å². The first-order valence-corrected chi connectivity index (χ1v) is 5.05. The maximum atomic E-state index is 12.0. The van der Waals surface area contributed by atoms with E-state index in [2.05, 4.69) is 4.74 Å². The van der Waals surface area contributed by atoms with E-state index in [-0.39, 0.29) is 17.9 Å². The van der Waals surface area contributed by atoms with E-state index in [0.29, 0.717) is 0 Å². The fraction of sp³-hybridized carbons (Fsp3) is 0.300. The van der Waals surface area contributed by atoms with Gasteiger partial charge in [-0.25, -0.2) is 0 Å². The van der Waals surface area contributed by atoms with Crippen LogP contribution in [0.4, 0.5) is 13.2 Å². The third-order valence-corrected chi connectivity index (χ3v) is 2.04. The van der Waals surface area contributed by atoms with Gasteiger partial charge in [-0.15, -0.1) is 24.8 Å². The van der Waals surface area contributed by atoms with E-state index in [4.69, 9.17) is 11.6 Å². The van der Waals surface area contributed by atoms with Crippen molar-refractivity contribution >= 4 is 17.4 Å². The van der Waals surface area contributed by atoms with Crippen molar-refractivity contribution in [2.24, 2.45) is 0 Å². The molecule has 3 nitrogen and oxygen atoms in total. The second kappa shape index (κ2) is 5.27. The summed E-state index contributed by atoms with van der Waals surface area (Å²) in [4.78, 5) is 11.4. The van der Waals surface area contributed by atoms with Gasteiger partial charge in [0.1, 0.15) is 0 Å². The minimum atomic E-state index is -4.92. The van der Waals surface area contributed by atoms with Crippen molar-refractivity contribution in [3.63, 3.8) is 0 Å². The second-order valence-corrected chi connectivity index (χ2v) is 3.44. The number of alkyl halides is 4. The van der Waals surface area contributed by atoms with Crippen molar-refractivity contribution in [1.29, 1.82) is 0 Å². The smallest absolute Gasteiger partial charge is 0.504 e. The van der Waals surface area contributed by atoms with E-state index in [1.165, 1.54) is 12.1 Å². The van der Waals surface area contributed by atoms with Crippen LogP contribution in [0.5, 0.6) is 11.5 Å². The number of rotatable bonds is 4. The van der Waals surface area contributed by atoms with Crippen molar-refractivity contribution in [1.82, 2.24) is 0 Å². The van der Waals surface area contributed by atoms with Crippen molar-refractivity contribution < 1.29 is 27.8 Å². The van der Waals surface area contributed by atoms with Gasteiger partial charge in [0, 0.05) is 12.3 Å². The molecule has 0 aromatic heterocycles. The Kier molecular flexibility index (Phi) is 4.22. The molecule has 0 radical (unpaired) electrons. The van der Waals surface area contributed by atoms with Crippen LogP contribution in [0.15, 0.2) is 18.2 Å². The fourth-order valence-corrected chi connectivity index (χ4v) is 1.35. The SMILES string of the molecule is O=C(CCCl)c1cccc(OC(F)(F)F)c1O. The van der Waals surface area contributed by atoms with E-state index in [1.54, 1.807) is 0 Å². The molecule has 0 bridgehead atoms. The Hall–Kier alpha value is -1.43. The van der Waals surface area contributed by atoms with Gasteiger partial charge in [-0.1, -0.05) is 6.07 Å². The Morgan fingerprint density at radius 2 is 2.06 bits per heavy atom. The summed E-state index contributed by atoms with van der Waals surface area (Å²) in [7, 11) is 0. The van der Waals surface area contributed by atoms with Gasteiger partial charge in [0.25, 0.3) is 0 Å². The third-order valence-electron chi connectivity index (χ3n) is 1.85. The highest BCUT2D eigenvalue weighted by molar-refractivity contribution is 6.19. The molecule has 7 heteroatoms. The molecule has 0 aliphatic heterocycles. The van der Waals surface area contributed by atoms with E-state index in [0.717, 1.165) is 6.07 Å². The van der Waals surface area contributed by atoms with Crippen molar-refractivity contribution in [3.8, 4) is 11.5 Å². The number of halogens is 4. The van der Waals surface area contributed by atoms with Crippen LogP contribution in [0.2, 0.25) is 0 Å². The van der Waals surface area contributed by atoms with Crippen LogP contribution in [0.25, 0.3) is 0 Å². The summed E-state index contributed by atoms with van der Waals surface area (Å²) in [5.41, 5.74) is -0.243. The van der Waals surface area contributed by atoms with Crippen LogP contribution < -0.4 is 4.74 Å². The summed E-state index contributed by atoms with van der Waals surface area (Å²) < 4.78 is 39.5. The molecule has 0 fully saturated rings. The summed E-state index contributed by atoms with van der Waals surface area (Å²) in [6.45, 7) is 0. The standard InChI is InChI=1S/C10H8ClF3O3/c11-5-4-7(15)6-2-1-3-8(9(6)16)17-10(12,13)14/h1-3,16H,4-5H2. The van der Waals surface area contributed by atoms with Crippen molar-refractivity contribution in [2.75, 3.05) is 5.88 Å². The Bertz CT molecular complexity index is 418. The Labute approximate surface area is 99.8 Å². The van der Waals surface area contributed by atoms with Crippen molar-refractivity contribution in [3.05, 3.63) is 23.8 Å². The highest BCUT2D eigenvalue weighted by atomic mass is 35.5. The third kappa shape index (κ3) is 3.81. The fourth-order valence-electron chi connectivity index (χ4n) is 1.17. The first-order chi connectivity index (χ1) is 7.85. The van der Waals surface area contributed by atoms with Crippen LogP contribution >= 0.6 is 11.6 Å². The first kappa shape index (κ1) is 13.6. The summed E-state index contributed by atoms with van der Waals surface area (Å²) in [5, 5.41) is 9.46. The van der Waals surface area contributed by atoms with Gasteiger partial charge in [-0.2, -0.15) is 0 Å². The lowest BCUT2D eigenvalue weighted by Crippen LogP contribution is -2.17. The van der Waals surface area contributed by atoms with E-state index < -0.39 is 23.6 Å². The lowest BCUT2D eigenvalue weighted by molar-refractivity contribution is -0.275. The molecule has 0 atom stereocenters. The second-order valence-electron chi connectivity index (χ2n) is 3.06. The molecule has 0 spiro atoms. The minimum absolute atomic E-state index is 0.0165. The predicted molar refractivity (Wildman–Crippen MR) is 54.5 cm³/mol. The highest BCUT2D eigenvalue weighted by Gasteiger charge is 2.33. The van der Waals surface area contributed by atoms with E-state index in [9.17, 15) is 23.1 Å². The lowest BCUT2D eigenvalue weighted by atomic mass is 10.1. The van der Waals surface area contributed by atoms with Crippen LogP contribution in [0.1, 0.15) is 16.8 Å². The number of hydrogen-bond donors (Lipinski definition) is 1. The zero-order chi connectivity index (χ0) is 13.1. The number of phenols is 1. The molecule has 0 amide bonds. The summed E-state index contributed by atoms with van der Waals surface area (Å²) in [5.74, 6) is -2.18. The maximum absolute atomic E-state index is 12.0. The van der Waals surface area contributed by atoms with Gasteiger partial charge in [0.15, 0.2) is 17.3 Å². The molecule has 17 heavy (non-hydrogen) atoms. The molecule has 1 rings (SSSR count). The number of aromatic hydroxyl groups is 1. The molecule has 1 N–H and O–H groups in total. The molecule has 1 aromatic carbocycles. The zero-order valence-corrected chi connectivity index (χ0v) is 9.18. The normalized spacial score (nSPS) is 11.3. The summed E-state index contributed by atoms with van der Waals surface area (Å²) in [6, 6.07) is 3.30. The number of benzene rings is 1. The molecule has 0 heterocycles. The zero-order valence-electron chi connectivity index (χ0n) is 8.42. The number of carbonyl (C=O) groups is 1. The highest BCUT2D eigenvalue weighted by Crippen LogP contribution is 2.34. The molecule has 0 aliphatic rings. The Morgan fingerprint density at radius 3 is 2.59 bits per heavy atom. The number of phenolic OH excluding ortho intramolecular Hbond substituents is 1. The van der Waals surface area contributed by atoms with Crippen LogP contribution in [-0.2, 0) is 0 Å². The quantitative estimate of drug-likeness (QED) is 0.674. The van der Waals surface area contributed by atoms with Gasteiger partial charge in [0.2, 0.25) is 0 Å². The molecule has 0 unspecified atom stereocenters. The molecule has 0 aliphatic carbocycles. The van der Waals surface area contributed by atoms with E-state index in [1.807, 2.05) is 0 Å². The van der Waals surface area contributed by atoms with Crippen LogP contribution in [-0.4, -0.2) is 23.1 Å². The predicted octanol–water partition coefficient (Wildman–Crippen LogP) is 3.10. The number of ketones is 1. The number of ether oxygens (including phenoxy) is 1. The van der Waals surface area contributed by atoms with Gasteiger partial charge < -0.3 is 9.84 Å². The van der Waals surface area contributed by atoms with Gasteiger partial charge in [-0.05, 0) is 12.1 Å². The average Bonchev–Trinajstić information content (AvgIpc) is 2.19. The largest absolute Gasteiger partial charge is 0.573 e. The molecule has 1 aromatic rings. The van der Waals surface area contributed by atoms with Crippen LogP contribution in [0, 0.1) is 0 Å². The molecular formula is C10H8ClF3O3. The number of hydrogen-bond acceptors (Lipinski definition) is 3. The van der Waals surface area contributed by atoms with Crippen molar-refractivity contribution in [2.45, 2.75) is 12.8 Å². The van der Waals surface area contributed by atoms with Gasteiger partial charge in [-0.3, -0.25) is 4.79 Å². The first-order valence-electron chi connectivity index (χ1n) is 4.52. The molecule has 0 saturated carbocycles. The number of Topliss-reactive ketones (excluding diaryl/α,β-unsaturated/α-hetero) is 1. The maximum Gasteiger partial charge on any atom is 0.573 e. The Balaban J connectivity index is 3.03. The monoisotopic (exact) mass is 268 g/mol. The number of carbonyl (C=O) groups excluding carboxylic acids is 1. The topological polar surface area (TPSA) is 46.5 Å². The van der Waals surface area contributed by atoms with Gasteiger partial charge in [0.05, 0.1) is 5.56 Å². The van der Waals surface area contributed by atoms with E-state index >= 15 is 0 Å². The molecule has 0 saturated heterocycles. The molecule has 94 valence electrons. The molecular weight excluding hydrogens is 261 g/mol. The Morgan fingerprint density at radius 1 is 1.41 bits per heavy atom.